The fraction of sp³-hybridized carbons (Fsp3) is 0.0833. The lowest BCUT2D eigenvalue weighted by atomic mass is 10.0. The Bertz CT molecular complexity index is 1070. The average Bonchev–Trinajstić information content (AvgIpc) is 3.03. The molecule has 0 aliphatic carbocycles. The minimum absolute atomic E-state index is 0.0805. The van der Waals surface area contributed by atoms with Gasteiger partial charge in [-0.25, -0.2) is 0 Å². The normalized spacial score (nSPS) is 13.9. The van der Waals surface area contributed by atoms with Crippen molar-refractivity contribution in [2.75, 3.05) is 6.61 Å². The number of ether oxygens (including phenoxy) is 2. The van der Waals surface area contributed by atoms with Crippen molar-refractivity contribution in [2.24, 2.45) is 0 Å². The van der Waals surface area contributed by atoms with Gasteiger partial charge < -0.3 is 9.47 Å². The molecular weight excluding hydrogens is 352 g/mol. The van der Waals surface area contributed by atoms with Crippen LogP contribution < -0.4 is 9.47 Å². The van der Waals surface area contributed by atoms with Crippen LogP contribution in [0.4, 0.5) is 0 Å². The summed E-state index contributed by atoms with van der Waals surface area (Å²) in [6.07, 6.45) is 1.72. The van der Waals surface area contributed by atoms with Gasteiger partial charge >= 0.3 is 0 Å². The van der Waals surface area contributed by atoms with Crippen molar-refractivity contribution in [3.8, 4) is 11.5 Å². The Hall–Kier alpha value is -3.66. The molecule has 4 nitrogen and oxygen atoms in total. The second-order valence-corrected chi connectivity index (χ2v) is 6.54. The van der Waals surface area contributed by atoms with Crippen LogP contribution in [0, 0.1) is 6.92 Å². The molecule has 0 fully saturated rings. The molecule has 0 radical (unpaired) electrons. The summed E-state index contributed by atoms with van der Waals surface area (Å²) in [5, 5.41) is 0. The van der Waals surface area contributed by atoms with Gasteiger partial charge in [0.25, 0.3) is 0 Å². The van der Waals surface area contributed by atoms with E-state index < -0.39 is 0 Å². The number of benzene rings is 3. The summed E-state index contributed by atoms with van der Waals surface area (Å²) in [5.41, 5.74) is 2.77. The molecule has 0 saturated heterocycles. The maximum Gasteiger partial charge on any atom is 0.232 e. The second kappa shape index (κ2) is 7.53. The summed E-state index contributed by atoms with van der Waals surface area (Å²) in [6, 6.07) is 21.9. The molecule has 0 unspecified atom stereocenters. The summed E-state index contributed by atoms with van der Waals surface area (Å²) in [4.78, 5) is 24.9. The monoisotopic (exact) mass is 370 g/mol. The third-order valence-corrected chi connectivity index (χ3v) is 4.51. The molecule has 4 rings (SSSR count). The molecule has 1 aliphatic rings. The van der Waals surface area contributed by atoms with E-state index in [4.69, 9.17) is 9.47 Å². The quantitative estimate of drug-likeness (QED) is 0.475. The number of hydrogen-bond donors (Lipinski definition) is 0. The second-order valence-electron chi connectivity index (χ2n) is 6.54. The first-order chi connectivity index (χ1) is 13.6. The van der Waals surface area contributed by atoms with E-state index in [0.29, 0.717) is 22.6 Å². The van der Waals surface area contributed by atoms with Crippen LogP contribution in [0.2, 0.25) is 0 Å². The Morgan fingerprint density at radius 3 is 2.39 bits per heavy atom. The van der Waals surface area contributed by atoms with E-state index in [1.54, 1.807) is 30.3 Å². The van der Waals surface area contributed by atoms with Crippen molar-refractivity contribution in [2.45, 2.75) is 6.92 Å². The molecule has 1 heterocycles. The number of Topliss-reactive ketones (excluding diaryl/α,β-unsaturated/α-hetero) is 2. The SMILES string of the molecule is Cc1cc(OCC(=O)c2ccccc2)cc2c1C(=O)/C(=C/c1ccccc1)O2. The maximum absolute atomic E-state index is 12.7. The maximum atomic E-state index is 12.7. The van der Waals surface area contributed by atoms with Crippen molar-refractivity contribution in [1.82, 2.24) is 0 Å². The molecule has 0 spiro atoms. The zero-order chi connectivity index (χ0) is 19.5. The van der Waals surface area contributed by atoms with Crippen molar-refractivity contribution >= 4 is 17.6 Å². The smallest absolute Gasteiger partial charge is 0.232 e. The van der Waals surface area contributed by atoms with Gasteiger partial charge in [-0.2, -0.15) is 0 Å². The molecule has 4 heteroatoms. The molecule has 0 bridgehead atoms. The first-order valence-electron chi connectivity index (χ1n) is 8.97. The lowest BCUT2D eigenvalue weighted by molar-refractivity contribution is 0.0920. The van der Waals surface area contributed by atoms with Gasteiger partial charge in [-0.1, -0.05) is 60.7 Å². The van der Waals surface area contributed by atoms with Crippen LogP contribution in [0.3, 0.4) is 0 Å². The molecular formula is C24H18O4. The van der Waals surface area contributed by atoms with E-state index in [1.165, 1.54) is 0 Å². The van der Waals surface area contributed by atoms with Gasteiger partial charge in [-0.15, -0.1) is 0 Å². The molecule has 3 aromatic rings. The minimum atomic E-state index is -0.150. The Balaban J connectivity index is 1.53. The highest BCUT2D eigenvalue weighted by atomic mass is 16.5. The van der Waals surface area contributed by atoms with E-state index in [-0.39, 0.29) is 23.9 Å². The summed E-state index contributed by atoms with van der Waals surface area (Å²) in [7, 11) is 0. The van der Waals surface area contributed by atoms with Crippen LogP contribution >= 0.6 is 0 Å². The topological polar surface area (TPSA) is 52.6 Å². The van der Waals surface area contributed by atoms with E-state index in [2.05, 4.69) is 0 Å². The summed E-state index contributed by atoms with van der Waals surface area (Å²) in [6.45, 7) is 1.75. The highest BCUT2D eigenvalue weighted by Gasteiger charge is 2.30. The fourth-order valence-corrected chi connectivity index (χ4v) is 3.12. The molecule has 0 saturated carbocycles. The van der Waals surface area contributed by atoms with Crippen molar-refractivity contribution < 1.29 is 19.1 Å². The lowest BCUT2D eigenvalue weighted by Gasteiger charge is -2.08. The Labute approximate surface area is 163 Å². The van der Waals surface area contributed by atoms with Crippen LogP contribution in [0.15, 0.2) is 78.6 Å². The highest BCUT2D eigenvalue weighted by molar-refractivity contribution is 6.15. The molecule has 0 atom stereocenters. The van der Waals surface area contributed by atoms with Crippen molar-refractivity contribution in [1.29, 1.82) is 0 Å². The van der Waals surface area contributed by atoms with E-state index >= 15 is 0 Å². The van der Waals surface area contributed by atoms with E-state index in [0.717, 1.165) is 11.1 Å². The Morgan fingerprint density at radius 1 is 1.00 bits per heavy atom. The predicted molar refractivity (Wildman–Crippen MR) is 107 cm³/mol. The Morgan fingerprint density at radius 2 is 1.68 bits per heavy atom. The molecule has 138 valence electrons. The first-order valence-corrected chi connectivity index (χ1v) is 8.97. The largest absolute Gasteiger partial charge is 0.485 e. The summed E-state index contributed by atoms with van der Waals surface area (Å²) >= 11 is 0. The number of aryl methyl sites for hydroxylation is 1. The molecule has 0 N–H and O–H groups in total. The number of ketones is 2. The van der Waals surface area contributed by atoms with Crippen molar-refractivity contribution in [3.63, 3.8) is 0 Å². The standard InChI is InChI=1S/C24H18O4/c1-16-12-19(27-15-20(25)18-10-6-3-7-11-18)14-21-23(16)24(26)22(28-21)13-17-8-4-2-5-9-17/h2-14H,15H2,1H3/b22-13-. The van der Waals surface area contributed by atoms with Crippen LogP contribution in [0.25, 0.3) is 6.08 Å². The third kappa shape index (κ3) is 3.58. The van der Waals surface area contributed by atoms with Gasteiger partial charge in [0.05, 0.1) is 5.56 Å². The molecule has 28 heavy (non-hydrogen) atoms. The molecule has 0 amide bonds. The highest BCUT2D eigenvalue weighted by Crippen LogP contribution is 2.37. The van der Waals surface area contributed by atoms with Gasteiger partial charge in [0.1, 0.15) is 11.5 Å². The zero-order valence-corrected chi connectivity index (χ0v) is 15.3. The third-order valence-electron chi connectivity index (χ3n) is 4.51. The number of rotatable bonds is 5. The lowest BCUT2D eigenvalue weighted by Crippen LogP contribution is -2.11. The van der Waals surface area contributed by atoms with E-state index in [9.17, 15) is 9.59 Å². The first kappa shape index (κ1) is 17.7. The van der Waals surface area contributed by atoms with Crippen LogP contribution in [0.1, 0.15) is 31.8 Å². The fourth-order valence-electron chi connectivity index (χ4n) is 3.12. The van der Waals surface area contributed by atoms with Crippen LogP contribution in [0.5, 0.6) is 11.5 Å². The number of allylic oxidation sites excluding steroid dienone is 1. The number of hydrogen-bond acceptors (Lipinski definition) is 4. The average molecular weight is 370 g/mol. The number of carbonyl (C=O) groups excluding carboxylic acids is 2. The van der Waals surface area contributed by atoms with Gasteiger partial charge in [0, 0.05) is 11.6 Å². The molecule has 3 aromatic carbocycles. The number of carbonyl (C=O) groups is 2. The Kier molecular flexibility index (Phi) is 4.77. The van der Waals surface area contributed by atoms with E-state index in [1.807, 2.05) is 55.5 Å². The van der Waals surface area contributed by atoms with Gasteiger partial charge in [0.15, 0.2) is 18.1 Å². The molecule has 0 aromatic heterocycles. The summed E-state index contributed by atoms with van der Waals surface area (Å²) < 4.78 is 11.4. The van der Waals surface area contributed by atoms with Crippen LogP contribution in [-0.4, -0.2) is 18.2 Å². The predicted octanol–water partition coefficient (Wildman–Crippen LogP) is 4.87. The van der Waals surface area contributed by atoms with Crippen LogP contribution in [-0.2, 0) is 0 Å². The van der Waals surface area contributed by atoms with Crippen molar-refractivity contribution in [3.05, 3.63) is 101 Å². The van der Waals surface area contributed by atoms with Gasteiger partial charge in [-0.3, -0.25) is 9.59 Å². The zero-order valence-electron chi connectivity index (χ0n) is 15.3. The molecule has 1 aliphatic heterocycles. The summed E-state index contributed by atoms with van der Waals surface area (Å²) in [5.74, 6) is 0.967. The van der Waals surface area contributed by atoms with Gasteiger partial charge in [0.2, 0.25) is 5.78 Å². The minimum Gasteiger partial charge on any atom is -0.485 e. The van der Waals surface area contributed by atoms with Gasteiger partial charge in [-0.05, 0) is 30.2 Å². The number of fused-ring (bicyclic) bond motifs is 1.